The fourth-order valence-corrected chi connectivity index (χ4v) is 7.09. The van der Waals surface area contributed by atoms with Gasteiger partial charge in [-0.25, -0.2) is 17.5 Å². The molecule has 1 saturated carbocycles. The third-order valence-corrected chi connectivity index (χ3v) is 9.70. The number of nitrogens with one attached hydrogen (secondary N) is 2. The van der Waals surface area contributed by atoms with E-state index in [9.17, 15) is 22.2 Å². The smallest absolute Gasteiger partial charge is 0.235 e. The molecule has 2 aromatic carbocycles. The summed E-state index contributed by atoms with van der Waals surface area (Å²) < 4.78 is 59.6. The molecule has 2 fully saturated rings. The Morgan fingerprint density at radius 2 is 1.94 bits per heavy atom. The van der Waals surface area contributed by atoms with Gasteiger partial charge in [-0.2, -0.15) is 0 Å². The molecule has 176 valence electrons. The Morgan fingerprint density at radius 3 is 2.58 bits per heavy atom. The molecular weight excluding hydrogens is 491 g/mol. The number of carbonyl (C=O) groups excluding carboxylic acids is 1. The summed E-state index contributed by atoms with van der Waals surface area (Å²) in [6.07, 6.45) is 2.72. The van der Waals surface area contributed by atoms with Gasteiger partial charge in [0.15, 0.2) is 15.7 Å². The Labute approximate surface area is 199 Å². The third kappa shape index (κ3) is 4.18. The Kier molecular flexibility index (Phi) is 5.75. The van der Waals surface area contributed by atoms with Crippen LogP contribution in [0, 0.1) is 5.82 Å². The molecular formula is C22H22ClFN2O5S2. The van der Waals surface area contributed by atoms with E-state index in [4.69, 9.17) is 16.3 Å². The minimum Gasteiger partial charge on any atom is -0.588 e. The molecule has 3 aliphatic rings. The van der Waals surface area contributed by atoms with Crippen molar-refractivity contribution in [3.8, 4) is 5.75 Å². The lowest BCUT2D eigenvalue weighted by atomic mass is 9.65. The predicted molar refractivity (Wildman–Crippen MR) is 124 cm³/mol. The van der Waals surface area contributed by atoms with Crippen molar-refractivity contribution in [2.24, 2.45) is 0 Å². The molecule has 33 heavy (non-hydrogen) atoms. The second kappa shape index (κ2) is 8.33. The molecule has 1 spiro atoms. The van der Waals surface area contributed by atoms with Gasteiger partial charge in [-0.05, 0) is 49.4 Å². The second-order valence-electron chi connectivity index (χ2n) is 8.70. The molecule has 2 aromatic rings. The molecule has 1 amide bonds. The van der Waals surface area contributed by atoms with Gasteiger partial charge in [-0.3, -0.25) is 4.79 Å². The number of anilines is 2. The summed E-state index contributed by atoms with van der Waals surface area (Å²) >= 11 is 3.87. The molecule has 2 aliphatic heterocycles. The minimum atomic E-state index is -3.05. The summed E-state index contributed by atoms with van der Waals surface area (Å²) in [4.78, 5) is 12.8. The van der Waals surface area contributed by atoms with Crippen molar-refractivity contribution >= 4 is 50.1 Å². The van der Waals surface area contributed by atoms with Gasteiger partial charge in [0.2, 0.25) is 10.8 Å². The summed E-state index contributed by atoms with van der Waals surface area (Å²) in [5.41, 5.74) is 1.11. The van der Waals surface area contributed by atoms with Crippen LogP contribution in [0.1, 0.15) is 37.7 Å². The second-order valence-corrected chi connectivity index (χ2v) is 12.6. The number of carbonyl (C=O) groups is 1. The van der Waals surface area contributed by atoms with Gasteiger partial charge in [0.1, 0.15) is 23.2 Å². The minimum absolute atomic E-state index is 0.0487. The molecule has 11 heteroatoms. The highest BCUT2D eigenvalue weighted by Gasteiger charge is 2.52. The zero-order valence-corrected chi connectivity index (χ0v) is 19.9. The number of hydrogen-bond donors (Lipinski definition) is 2. The number of hydrogen-bond acceptors (Lipinski definition) is 6. The van der Waals surface area contributed by atoms with E-state index in [2.05, 4.69) is 10.0 Å². The van der Waals surface area contributed by atoms with E-state index in [0.29, 0.717) is 42.8 Å². The van der Waals surface area contributed by atoms with E-state index in [0.717, 1.165) is 18.1 Å². The molecule has 0 aromatic heterocycles. The van der Waals surface area contributed by atoms with Crippen LogP contribution in [0.3, 0.4) is 0 Å². The molecule has 1 atom stereocenters. The largest absolute Gasteiger partial charge is 0.588 e. The molecule has 1 unspecified atom stereocenters. The maximum Gasteiger partial charge on any atom is 0.235 e. The van der Waals surface area contributed by atoms with E-state index in [1.54, 1.807) is 12.1 Å². The number of rotatable bonds is 5. The third-order valence-electron chi connectivity index (χ3n) is 6.60. The number of fused-ring (bicyclic) bond motifs is 2. The van der Waals surface area contributed by atoms with Gasteiger partial charge in [-0.15, -0.1) is 0 Å². The lowest BCUT2D eigenvalue weighted by Gasteiger charge is -2.36. The van der Waals surface area contributed by atoms with Crippen LogP contribution in [0.5, 0.6) is 5.75 Å². The maximum atomic E-state index is 14.3. The van der Waals surface area contributed by atoms with Gasteiger partial charge in [0, 0.05) is 17.2 Å². The Balaban J connectivity index is 1.47. The maximum absolute atomic E-state index is 14.3. The molecule has 1 saturated heterocycles. The zero-order chi connectivity index (χ0) is 23.4. The van der Waals surface area contributed by atoms with Crippen molar-refractivity contribution in [2.75, 3.05) is 21.5 Å². The van der Waals surface area contributed by atoms with Crippen molar-refractivity contribution in [3.63, 3.8) is 0 Å². The van der Waals surface area contributed by atoms with E-state index in [1.807, 2.05) is 0 Å². The molecule has 5 rings (SSSR count). The average molecular weight is 513 g/mol. The first kappa shape index (κ1) is 22.8. The lowest BCUT2D eigenvalue weighted by molar-refractivity contribution is -0.123. The molecule has 7 nitrogen and oxygen atoms in total. The normalized spacial score (nSPS) is 21.7. The van der Waals surface area contributed by atoms with Crippen molar-refractivity contribution in [3.05, 3.63) is 46.7 Å². The number of ether oxygens (including phenoxy) is 1. The van der Waals surface area contributed by atoms with Crippen LogP contribution in [-0.2, 0) is 31.4 Å². The number of sulfone groups is 1. The molecule has 1 aliphatic carbocycles. The monoisotopic (exact) mass is 512 g/mol. The highest BCUT2D eigenvalue weighted by atomic mass is 35.5. The Bertz CT molecular complexity index is 1220. The van der Waals surface area contributed by atoms with E-state index < -0.39 is 32.4 Å². The topological polar surface area (TPSA) is 108 Å². The summed E-state index contributed by atoms with van der Waals surface area (Å²) in [5, 5.41) is 3.13. The first-order valence-electron chi connectivity index (χ1n) is 10.7. The fraction of sp³-hybridized carbons (Fsp3) is 0.409. The molecule has 2 heterocycles. The summed E-state index contributed by atoms with van der Waals surface area (Å²) in [7, 11) is -3.05. The van der Waals surface area contributed by atoms with Crippen molar-refractivity contribution < 1.29 is 26.9 Å². The van der Waals surface area contributed by atoms with Crippen LogP contribution in [0.2, 0.25) is 5.02 Å². The Morgan fingerprint density at radius 1 is 1.21 bits per heavy atom. The summed E-state index contributed by atoms with van der Waals surface area (Å²) in [6.45, 7) is 0. The fourth-order valence-electron chi connectivity index (χ4n) is 4.61. The van der Waals surface area contributed by atoms with Crippen LogP contribution >= 0.6 is 11.6 Å². The highest BCUT2D eigenvalue weighted by molar-refractivity contribution is 7.92. The quantitative estimate of drug-likeness (QED) is 0.587. The van der Waals surface area contributed by atoms with E-state index in [1.165, 1.54) is 12.1 Å². The molecule has 0 bridgehead atoms. The van der Waals surface area contributed by atoms with Crippen molar-refractivity contribution in [2.45, 2.75) is 48.5 Å². The van der Waals surface area contributed by atoms with E-state index >= 15 is 0 Å². The van der Waals surface area contributed by atoms with Gasteiger partial charge in [-0.1, -0.05) is 18.0 Å². The van der Waals surface area contributed by atoms with Gasteiger partial charge < -0.3 is 14.6 Å². The first-order chi connectivity index (χ1) is 15.7. The number of halogens is 2. The van der Waals surface area contributed by atoms with Crippen molar-refractivity contribution in [1.29, 1.82) is 0 Å². The van der Waals surface area contributed by atoms with Gasteiger partial charge in [0.05, 0.1) is 28.3 Å². The van der Waals surface area contributed by atoms with E-state index in [-0.39, 0.29) is 33.4 Å². The van der Waals surface area contributed by atoms with Gasteiger partial charge >= 0.3 is 0 Å². The summed E-state index contributed by atoms with van der Waals surface area (Å²) in [6, 6.07) is 7.28. The average Bonchev–Trinajstić information content (AvgIpc) is 3.02. The number of benzene rings is 2. The Hall–Kier alpha value is -2.01. The van der Waals surface area contributed by atoms with Crippen LogP contribution in [0.25, 0.3) is 0 Å². The van der Waals surface area contributed by atoms with Crippen LogP contribution in [0.4, 0.5) is 15.8 Å². The molecule has 2 N–H and O–H groups in total. The highest BCUT2D eigenvalue weighted by Crippen LogP contribution is 2.54. The first-order valence-corrected chi connectivity index (χ1v) is 14.0. The van der Waals surface area contributed by atoms with Crippen LogP contribution in [0.15, 0.2) is 35.2 Å². The van der Waals surface area contributed by atoms with Crippen LogP contribution in [-0.4, -0.2) is 36.5 Å². The standard InChI is InChI=1S/C22H22ClFN2O5S2/c23-13-2-3-19(17(24)10-13)32(28)26-14-11-16-20(25-21(27)22(16)6-1-7-22)18(12-14)31-15-4-8-33(29,30)9-5-15/h2-3,10-12,15,26H,1,4-9H2,(H,25,27). The predicted octanol–water partition coefficient (Wildman–Crippen LogP) is 3.94. The SMILES string of the molecule is O=C1Nc2c(OC3CCS(=O)(=O)CC3)cc(N[S+]([O-])c3ccc(Cl)cc3F)cc2C12CCC2. The van der Waals surface area contributed by atoms with Crippen molar-refractivity contribution in [1.82, 2.24) is 0 Å². The van der Waals surface area contributed by atoms with Gasteiger partial charge in [0.25, 0.3) is 0 Å². The molecule has 0 radical (unpaired) electrons. The zero-order valence-electron chi connectivity index (χ0n) is 17.5. The summed E-state index contributed by atoms with van der Waals surface area (Å²) in [5.74, 6) is -0.296. The number of amides is 1. The van der Waals surface area contributed by atoms with Crippen LogP contribution < -0.4 is 14.8 Å². The lowest BCUT2D eigenvalue weighted by Crippen LogP contribution is -2.40.